The second kappa shape index (κ2) is 5.98. The number of thiazole rings is 1. The molecule has 1 aromatic heterocycles. The third kappa shape index (κ3) is 3.50. The van der Waals surface area contributed by atoms with E-state index in [4.69, 9.17) is 0 Å². The molecular formula is C17H20N2OS. The van der Waals surface area contributed by atoms with Crippen molar-refractivity contribution in [1.82, 2.24) is 10.3 Å². The van der Waals surface area contributed by atoms with Gasteiger partial charge >= 0.3 is 0 Å². The maximum atomic E-state index is 12.0. The fraction of sp³-hybridized carbons (Fsp3) is 0.412. The zero-order chi connectivity index (χ0) is 14.8. The predicted octanol–water partition coefficient (Wildman–Crippen LogP) is 4.07. The Bertz CT molecular complexity index is 626. The summed E-state index contributed by atoms with van der Waals surface area (Å²) in [7, 11) is 0. The summed E-state index contributed by atoms with van der Waals surface area (Å²) in [5.74, 6) is 1.16. The SMILES string of the molecule is CC(C)c1ccc(-c2nc(C(=O)NCC3CC3)cs2)cc1. The van der Waals surface area contributed by atoms with Gasteiger partial charge in [-0.1, -0.05) is 38.1 Å². The van der Waals surface area contributed by atoms with Gasteiger partial charge in [0.1, 0.15) is 10.7 Å². The van der Waals surface area contributed by atoms with E-state index in [0.29, 0.717) is 17.5 Å². The molecule has 110 valence electrons. The molecule has 1 fully saturated rings. The highest BCUT2D eigenvalue weighted by atomic mass is 32.1. The zero-order valence-corrected chi connectivity index (χ0v) is 13.2. The number of hydrogen-bond acceptors (Lipinski definition) is 3. The Kier molecular flexibility index (Phi) is 4.06. The molecule has 1 N–H and O–H groups in total. The summed E-state index contributed by atoms with van der Waals surface area (Å²) in [5.41, 5.74) is 2.92. The van der Waals surface area contributed by atoms with Crippen LogP contribution in [0.4, 0.5) is 0 Å². The van der Waals surface area contributed by atoms with Gasteiger partial charge in [0.05, 0.1) is 0 Å². The lowest BCUT2D eigenvalue weighted by atomic mass is 10.0. The highest BCUT2D eigenvalue weighted by Crippen LogP contribution is 2.28. The molecule has 3 rings (SSSR count). The molecule has 0 radical (unpaired) electrons. The summed E-state index contributed by atoms with van der Waals surface area (Å²) in [4.78, 5) is 16.5. The predicted molar refractivity (Wildman–Crippen MR) is 86.7 cm³/mol. The molecule has 0 atom stereocenters. The fourth-order valence-electron chi connectivity index (χ4n) is 2.17. The first-order chi connectivity index (χ1) is 10.1. The first-order valence-corrected chi connectivity index (χ1v) is 8.35. The van der Waals surface area contributed by atoms with Gasteiger partial charge in [-0.2, -0.15) is 0 Å². The topological polar surface area (TPSA) is 42.0 Å². The van der Waals surface area contributed by atoms with Crippen molar-refractivity contribution < 1.29 is 4.79 Å². The van der Waals surface area contributed by atoms with Gasteiger partial charge in [0, 0.05) is 17.5 Å². The van der Waals surface area contributed by atoms with Crippen molar-refractivity contribution in [3.05, 3.63) is 40.9 Å². The van der Waals surface area contributed by atoms with Gasteiger partial charge in [-0.3, -0.25) is 4.79 Å². The Balaban J connectivity index is 1.69. The molecule has 2 aromatic rings. The monoisotopic (exact) mass is 300 g/mol. The van der Waals surface area contributed by atoms with Crippen LogP contribution in [0.15, 0.2) is 29.6 Å². The normalized spacial score (nSPS) is 14.4. The summed E-state index contributed by atoms with van der Waals surface area (Å²) in [6.45, 7) is 5.15. The molecule has 1 amide bonds. The molecule has 0 spiro atoms. The quantitative estimate of drug-likeness (QED) is 0.904. The lowest BCUT2D eigenvalue weighted by Gasteiger charge is -2.05. The van der Waals surface area contributed by atoms with E-state index in [1.165, 1.54) is 29.7 Å². The highest BCUT2D eigenvalue weighted by Gasteiger charge is 2.22. The van der Waals surface area contributed by atoms with Crippen LogP contribution in [0.3, 0.4) is 0 Å². The summed E-state index contributed by atoms with van der Waals surface area (Å²) < 4.78 is 0. The van der Waals surface area contributed by atoms with Crippen LogP contribution >= 0.6 is 11.3 Å². The minimum atomic E-state index is -0.0526. The van der Waals surface area contributed by atoms with Crippen molar-refractivity contribution in [3.63, 3.8) is 0 Å². The number of aromatic nitrogens is 1. The standard InChI is InChI=1S/C17H20N2OS/c1-11(2)13-5-7-14(8-6-13)17-19-15(10-21-17)16(20)18-9-12-3-4-12/h5-8,10-12H,3-4,9H2,1-2H3,(H,18,20). The molecule has 1 aliphatic rings. The average Bonchev–Trinajstić information content (AvgIpc) is 3.19. The molecule has 1 aromatic carbocycles. The first kappa shape index (κ1) is 14.3. The van der Waals surface area contributed by atoms with Crippen molar-refractivity contribution >= 4 is 17.2 Å². The van der Waals surface area contributed by atoms with Crippen LogP contribution in [-0.2, 0) is 0 Å². The molecule has 3 nitrogen and oxygen atoms in total. The molecule has 1 saturated carbocycles. The third-order valence-corrected chi connectivity index (χ3v) is 4.70. The minimum absolute atomic E-state index is 0.0526. The van der Waals surface area contributed by atoms with Crippen molar-refractivity contribution in [2.45, 2.75) is 32.6 Å². The maximum absolute atomic E-state index is 12.0. The summed E-state index contributed by atoms with van der Waals surface area (Å²) in [6.07, 6.45) is 2.48. The van der Waals surface area contributed by atoms with Crippen LogP contribution in [0.25, 0.3) is 10.6 Å². The number of rotatable bonds is 5. The Labute approximate surface area is 129 Å². The van der Waals surface area contributed by atoms with Crippen LogP contribution in [0.1, 0.15) is 48.7 Å². The molecular weight excluding hydrogens is 280 g/mol. The van der Waals surface area contributed by atoms with E-state index in [2.05, 4.69) is 48.4 Å². The molecule has 1 heterocycles. The van der Waals surface area contributed by atoms with Crippen LogP contribution in [0.2, 0.25) is 0 Å². The molecule has 4 heteroatoms. The van der Waals surface area contributed by atoms with Gasteiger partial charge in [0.15, 0.2) is 0 Å². The van der Waals surface area contributed by atoms with E-state index in [9.17, 15) is 4.79 Å². The zero-order valence-electron chi connectivity index (χ0n) is 12.4. The number of nitrogens with zero attached hydrogens (tertiary/aromatic N) is 1. The summed E-state index contributed by atoms with van der Waals surface area (Å²) in [5, 5.41) is 5.70. The molecule has 0 saturated heterocycles. The van der Waals surface area contributed by atoms with E-state index in [1.807, 2.05) is 5.38 Å². The van der Waals surface area contributed by atoms with Gasteiger partial charge in [-0.05, 0) is 30.2 Å². The lowest BCUT2D eigenvalue weighted by Crippen LogP contribution is -2.25. The van der Waals surface area contributed by atoms with Gasteiger partial charge in [0.25, 0.3) is 5.91 Å². The van der Waals surface area contributed by atoms with Crippen molar-refractivity contribution in [2.75, 3.05) is 6.54 Å². The van der Waals surface area contributed by atoms with E-state index in [-0.39, 0.29) is 5.91 Å². The van der Waals surface area contributed by atoms with E-state index in [0.717, 1.165) is 17.1 Å². The number of carbonyl (C=O) groups excluding carboxylic acids is 1. The van der Waals surface area contributed by atoms with Gasteiger partial charge in [0.2, 0.25) is 0 Å². The van der Waals surface area contributed by atoms with E-state index >= 15 is 0 Å². The molecule has 21 heavy (non-hydrogen) atoms. The first-order valence-electron chi connectivity index (χ1n) is 7.47. The Morgan fingerprint density at radius 2 is 2.05 bits per heavy atom. The average molecular weight is 300 g/mol. The summed E-state index contributed by atoms with van der Waals surface area (Å²) >= 11 is 1.52. The molecule has 0 aliphatic heterocycles. The second-order valence-electron chi connectivity index (χ2n) is 5.97. The molecule has 0 bridgehead atoms. The molecule has 1 aliphatic carbocycles. The number of nitrogens with one attached hydrogen (secondary N) is 1. The highest BCUT2D eigenvalue weighted by molar-refractivity contribution is 7.13. The number of amides is 1. The Morgan fingerprint density at radius 1 is 1.33 bits per heavy atom. The number of hydrogen-bond donors (Lipinski definition) is 1. The van der Waals surface area contributed by atoms with Crippen LogP contribution in [-0.4, -0.2) is 17.4 Å². The van der Waals surface area contributed by atoms with Crippen molar-refractivity contribution in [1.29, 1.82) is 0 Å². The number of carbonyl (C=O) groups is 1. The van der Waals surface area contributed by atoms with E-state index < -0.39 is 0 Å². The van der Waals surface area contributed by atoms with Crippen molar-refractivity contribution in [3.8, 4) is 10.6 Å². The molecule has 0 unspecified atom stereocenters. The Hall–Kier alpha value is -1.68. The van der Waals surface area contributed by atoms with Crippen LogP contribution in [0.5, 0.6) is 0 Å². The minimum Gasteiger partial charge on any atom is -0.350 e. The van der Waals surface area contributed by atoms with Gasteiger partial charge in [-0.15, -0.1) is 11.3 Å². The van der Waals surface area contributed by atoms with Crippen molar-refractivity contribution in [2.24, 2.45) is 5.92 Å². The second-order valence-corrected chi connectivity index (χ2v) is 6.83. The van der Waals surface area contributed by atoms with Crippen LogP contribution in [0, 0.1) is 5.92 Å². The van der Waals surface area contributed by atoms with Crippen LogP contribution < -0.4 is 5.32 Å². The number of benzene rings is 1. The largest absolute Gasteiger partial charge is 0.350 e. The van der Waals surface area contributed by atoms with Gasteiger partial charge < -0.3 is 5.32 Å². The third-order valence-electron chi connectivity index (χ3n) is 3.81. The summed E-state index contributed by atoms with van der Waals surface area (Å²) in [6, 6.07) is 8.43. The smallest absolute Gasteiger partial charge is 0.270 e. The Morgan fingerprint density at radius 3 is 2.67 bits per heavy atom. The van der Waals surface area contributed by atoms with Gasteiger partial charge in [-0.25, -0.2) is 4.98 Å². The maximum Gasteiger partial charge on any atom is 0.270 e. The fourth-order valence-corrected chi connectivity index (χ4v) is 2.98. The van der Waals surface area contributed by atoms with E-state index in [1.54, 1.807) is 0 Å². The lowest BCUT2D eigenvalue weighted by molar-refractivity contribution is 0.0947.